The van der Waals surface area contributed by atoms with Crippen LogP contribution >= 0.6 is 23.5 Å². The van der Waals surface area contributed by atoms with Crippen molar-refractivity contribution in [3.05, 3.63) is 12.7 Å². The molecule has 1 fully saturated rings. The number of ether oxygens (including phenoxy) is 1. The summed E-state index contributed by atoms with van der Waals surface area (Å²) in [6.07, 6.45) is -4.86. The fourth-order valence-corrected chi connectivity index (χ4v) is 5.62. The van der Waals surface area contributed by atoms with E-state index < -0.39 is 54.6 Å². The van der Waals surface area contributed by atoms with E-state index in [4.69, 9.17) is 25.2 Å². The second kappa shape index (κ2) is 9.95. The molecule has 2 unspecified atom stereocenters. The first kappa shape index (κ1) is 27.6. The van der Waals surface area contributed by atoms with Gasteiger partial charge >= 0.3 is 46.5 Å². The number of phosphoric ester groups is 1. The number of aromatic nitrogens is 4. The smallest absolute Gasteiger partial charge is 0.851 e. The van der Waals surface area contributed by atoms with E-state index in [2.05, 4.69) is 28.1 Å². The maximum absolute atomic E-state index is 12.4. The molecular formula is C10H14MgN5O13P3. The standard InChI is InChI=1S/C10H14N5O13P3.Mg/c11-8-5-9(13-2-12-8)15(3-14-5)10-7(17)6(16)4(26-10)1-25-30(21,22)28-31(23,24)27-29(18,19)20;/h2-4,6-7,10H,1H2,(H,21,22)(H,23,24)(H2,11,12,13)(H2,18,19,20);/q-2;+2/t4-,6-,7-,10-;/m1./s1. The molecule has 6 atom stereocenters. The predicted octanol–water partition coefficient (Wildman–Crippen LogP) is -3.27. The number of nitrogen functional groups attached to an aromatic ring is 1. The topological polar surface area (TPSA) is 285 Å². The maximum atomic E-state index is 12.4. The van der Waals surface area contributed by atoms with E-state index in [1.807, 2.05) is 0 Å². The van der Waals surface area contributed by atoms with E-state index in [-0.39, 0.29) is 40.0 Å². The van der Waals surface area contributed by atoms with Gasteiger partial charge in [0.25, 0.3) is 0 Å². The quantitative estimate of drug-likeness (QED) is 0.165. The summed E-state index contributed by atoms with van der Waals surface area (Å²) < 4.78 is 51.5. The molecule has 1 aliphatic heterocycles. The SMILES string of the molecule is Nc1ncnc2c1ncn2[C@@H]1O[C@H](COP(=O)(O)OP(=O)(O)OP(=O)(O)O)[C@@H]([O-])[C@H]1[O-].[Mg+2]. The number of nitrogens with zero attached hydrogens (tertiary/aromatic N) is 4. The van der Waals surface area contributed by atoms with E-state index >= 15 is 0 Å². The van der Waals surface area contributed by atoms with Gasteiger partial charge in [0, 0.05) is 0 Å². The number of hydrogen-bond donors (Lipinski definition) is 5. The number of hydrogen-bond acceptors (Lipinski definition) is 13. The van der Waals surface area contributed by atoms with Gasteiger partial charge in [0.05, 0.1) is 19.0 Å². The fourth-order valence-electron chi connectivity index (χ4n) is 2.59. The second-order valence-corrected chi connectivity index (χ2v) is 10.4. The van der Waals surface area contributed by atoms with E-state index in [9.17, 15) is 28.8 Å². The van der Waals surface area contributed by atoms with Crippen LogP contribution in [0.1, 0.15) is 6.23 Å². The first-order valence-corrected chi connectivity index (χ1v) is 12.4. The first-order valence-electron chi connectivity index (χ1n) is 7.87. The monoisotopic (exact) mass is 529 g/mol. The van der Waals surface area contributed by atoms with Gasteiger partial charge in [-0.3, -0.25) is 9.09 Å². The number of anilines is 1. The van der Waals surface area contributed by atoms with Crippen molar-refractivity contribution >= 4 is 63.5 Å². The molecule has 1 saturated heterocycles. The molecule has 22 heteroatoms. The van der Waals surface area contributed by atoms with Gasteiger partial charge in [0.15, 0.2) is 11.5 Å². The average molecular weight is 529 g/mol. The molecule has 0 spiro atoms. The van der Waals surface area contributed by atoms with Crippen LogP contribution in [0.3, 0.4) is 0 Å². The third-order valence-corrected chi connectivity index (χ3v) is 7.57. The number of fused-ring (bicyclic) bond motifs is 1. The zero-order valence-corrected chi connectivity index (χ0v) is 19.6. The minimum atomic E-state index is -5.73. The van der Waals surface area contributed by atoms with Crippen LogP contribution in [-0.2, 0) is 31.6 Å². The minimum absolute atomic E-state index is 0. The molecule has 2 aromatic heterocycles. The van der Waals surface area contributed by atoms with E-state index in [1.165, 1.54) is 0 Å². The van der Waals surface area contributed by atoms with Crippen LogP contribution in [0.4, 0.5) is 5.82 Å². The summed E-state index contributed by atoms with van der Waals surface area (Å²) >= 11 is 0. The average Bonchev–Trinajstić information content (AvgIpc) is 3.13. The van der Waals surface area contributed by atoms with Gasteiger partial charge in [-0.15, -0.1) is 6.10 Å². The minimum Gasteiger partial charge on any atom is -0.851 e. The summed E-state index contributed by atoms with van der Waals surface area (Å²) in [5.41, 5.74) is 5.86. The van der Waals surface area contributed by atoms with Crippen LogP contribution in [0.5, 0.6) is 0 Å². The summed E-state index contributed by atoms with van der Waals surface area (Å²) in [4.78, 5) is 47.0. The summed E-state index contributed by atoms with van der Waals surface area (Å²) in [5, 5.41) is 24.6. The maximum Gasteiger partial charge on any atom is 2.00 e. The van der Waals surface area contributed by atoms with E-state index in [0.717, 1.165) is 17.2 Å². The van der Waals surface area contributed by atoms with Crippen LogP contribution in [0.25, 0.3) is 11.2 Å². The number of rotatable bonds is 8. The summed E-state index contributed by atoms with van der Waals surface area (Å²) in [7, 11) is -16.8. The first-order chi connectivity index (χ1) is 14.2. The van der Waals surface area contributed by atoms with Crippen molar-refractivity contribution in [1.29, 1.82) is 0 Å². The Bertz CT molecular complexity index is 1110. The van der Waals surface area contributed by atoms with E-state index in [0.29, 0.717) is 0 Å². The second-order valence-electron chi connectivity index (χ2n) is 5.96. The predicted molar refractivity (Wildman–Crippen MR) is 96.8 cm³/mol. The van der Waals surface area contributed by atoms with Gasteiger partial charge in [-0.25, -0.2) is 28.6 Å². The van der Waals surface area contributed by atoms with Crippen molar-refractivity contribution in [3.63, 3.8) is 0 Å². The van der Waals surface area contributed by atoms with Gasteiger partial charge in [-0.2, -0.15) is 8.62 Å². The Morgan fingerprint density at radius 2 is 1.72 bits per heavy atom. The Labute approximate surface area is 193 Å². The van der Waals surface area contributed by atoms with Gasteiger partial charge in [0.2, 0.25) is 0 Å². The van der Waals surface area contributed by atoms with Gasteiger partial charge in [-0.05, 0) is 0 Å². The molecule has 3 rings (SSSR count). The van der Waals surface area contributed by atoms with Crippen LogP contribution in [0.15, 0.2) is 12.7 Å². The zero-order valence-electron chi connectivity index (χ0n) is 15.5. The fraction of sp³-hybridized carbons (Fsp3) is 0.500. The van der Waals surface area contributed by atoms with Crippen molar-refractivity contribution < 1.29 is 61.4 Å². The molecule has 174 valence electrons. The Morgan fingerprint density at radius 3 is 2.34 bits per heavy atom. The zero-order chi connectivity index (χ0) is 23.2. The molecule has 0 bridgehead atoms. The van der Waals surface area contributed by atoms with Gasteiger partial charge in [-0.1, -0.05) is 6.10 Å². The molecule has 0 radical (unpaired) electrons. The molecule has 32 heavy (non-hydrogen) atoms. The van der Waals surface area contributed by atoms with Gasteiger partial charge < -0.3 is 40.3 Å². The van der Waals surface area contributed by atoms with Crippen LogP contribution in [0, 0.1) is 0 Å². The Hall–Kier alpha value is -0.594. The summed E-state index contributed by atoms with van der Waals surface area (Å²) in [5.74, 6) is 0.00655. The molecule has 1 aliphatic rings. The Morgan fingerprint density at radius 1 is 1.06 bits per heavy atom. The molecular weight excluding hydrogens is 515 g/mol. The van der Waals surface area contributed by atoms with Crippen LogP contribution < -0.4 is 15.9 Å². The summed E-state index contributed by atoms with van der Waals surface area (Å²) in [6, 6.07) is 0. The Kier molecular flexibility index (Phi) is 8.60. The molecule has 2 aromatic rings. The number of nitrogens with two attached hydrogens (primary N) is 1. The van der Waals surface area contributed by atoms with Crippen LogP contribution in [0.2, 0.25) is 0 Å². The van der Waals surface area contributed by atoms with Crippen molar-refractivity contribution in [2.24, 2.45) is 0 Å². The molecule has 0 aliphatic carbocycles. The van der Waals surface area contributed by atoms with Gasteiger partial charge in [0.1, 0.15) is 18.1 Å². The van der Waals surface area contributed by atoms with E-state index in [1.54, 1.807) is 0 Å². The molecule has 0 aromatic carbocycles. The molecule has 0 saturated carbocycles. The molecule has 18 nitrogen and oxygen atoms in total. The molecule has 3 heterocycles. The number of imidazole rings is 1. The molecule has 6 N–H and O–H groups in total. The van der Waals surface area contributed by atoms with Crippen molar-refractivity contribution in [1.82, 2.24) is 19.5 Å². The van der Waals surface area contributed by atoms with Crippen molar-refractivity contribution in [2.75, 3.05) is 12.3 Å². The van der Waals surface area contributed by atoms with Crippen molar-refractivity contribution in [2.45, 2.75) is 24.5 Å². The number of phosphoric acid groups is 3. The Balaban J connectivity index is 0.00000363. The third-order valence-electron chi connectivity index (χ3n) is 3.76. The largest absolute Gasteiger partial charge is 2.00 e. The normalized spacial score (nSPS) is 27.6. The third kappa shape index (κ3) is 6.50. The van der Waals surface area contributed by atoms with Crippen LogP contribution in [-0.4, -0.2) is 87.1 Å². The van der Waals surface area contributed by atoms with Crippen molar-refractivity contribution in [3.8, 4) is 0 Å². The molecule has 0 amide bonds. The summed E-state index contributed by atoms with van der Waals surface area (Å²) in [6.45, 7) is -1.06.